The molecule has 76 valence electrons. The number of nitrogens with one attached hydrogen (secondary N) is 1. The van der Waals surface area contributed by atoms with Gasteiger partial charge in [0.2, 0.25) is 0 Å². The van der Waals surface area contributed by atoms with Crippen molar-refractivity contribution < 1.29 is 0 Å². The maximum Gasteiger partial charge on any atom is 0.0969 e. The zero-order chi connectivity index (χ0) is 10.8. The van der Waals surface area contributed by atoms with Gasteiger partial charge in [-0.05, 0) is 23.8 Å². The minimum absolute atomic E-state index is 0.0150. The van der Waals surface area contributed by atoms with E-state index < -0.39 is 0 Å². The second-order valence-corrected chi connectivity index (χ2v) is 4.18. The summed E-state index contributed by atoms with van der Waals surface area (Å²) in [5, 5.41) is 13.2. The third-order valence-corrected chi connectivity index (χ3v) is 3.00. The van der Waals surface area contributed by atoms with Crippen LogP contribution < -0.4 is 5.32 Å². The van der Waals surface area contributed by atoms with Crippen molar-refractivity contribution in [2.24, 2.45) is 0 Å². The van der Waals surface area contributed by atoms with Gasteiger partial charge in [-0.25, -0.2) is 0 Å². The molecule has 0 spiro atoms. The molecule has 0 fully saturated rings. The van der Waals surface area contributed by atoms with Crippen molar-refractivity contribution in [3.05, 3.63) is 45.6 Å². The summed E-state index contributed by atoms with van der Waals surface area (Å²) in [6.45, 7) is 0.697. The van der Waals surface area contributed by atoms with Crippen LogP contribution in [0.5, 0.6) is 0 Å². The highest BCUT2D eigenvalue weighted by Crippen LogP contribution is 2.33. The van der Waals surface area contributed by atoms with Gasteiger partial charge in [0.1, 0.15) is 0 Å². The summed E-state index contributed by atoms with van der Waals surface area (Å²) in [6.07, 6.45) is 1.72. The average Bonchev–Trinajstić information content (AvgIpc) is 2.69. The molecule has 0 saturated heterocycles. The molecule has 15 heavy (non-hydrogen) atoms. The van der Waals surface area contributed by atoms with Crippen LogP contribution in [0.25, 0.3) is 0 Å². The van der Waals surface area contributed by atoms with Crippen molar-refractivity contribution in [2.75, 3.05) is 6.54 Å². The summed E-state index contributed by atoms with van der Waals surface area (Å²) < 4.78 is 0. The SMILES string of the molecule is N#CC1=CNCC1c1cc(Cl)ccc1Cl. The van der Waals surface area contributed by atoms with Gasteiger partial charge in [0, 0.05) is 28.7 Å². The molecule has 1 heterocycles. The molecule has 1 N–H and O–H groups in total. The van der Waals surface area contributed by atoms with Crippen molar-refractivity contribution in [1.29, 1.82) is 5.26 Å². The third kappa shape index (κ3) is 1.94. The fourth-order valence-electron chi connectivity index (χ4n) is 1.67. The number of nitrogens with zero attached hydrogens (tertiary/aromatic N) is 1. The normalized spacial score (nSPS) is 19.3. The van der Waals surface area contributed by atoms with E-state index in [1.54, 1.807) is 18.3 Å². The third-order valence-electron chi connectivity index (χ3n) is 2.42. The molecule has 2 nitrogen and oxygen atoms in total. The number of hydrogen-bond donors (Lipinski definition) is 1. The minimum Gasteiger partial charge on any atom is -0.389 e. The van der Waals surface area contributed by atoms with Gasteiger partial charge < -0.3 is 5.32 Å². The van der Waals surface area contributed by atoms with Crippen LogP contribution in [-0.4, -0.2) is 6.54 Å². The van der Waals surface area contributed by atoms with Gasteiger partial charge in [0.25, 0.3) is 0 Å². The fourth-order valence-corrected chi connectivity index (χ4v) is 2.10. The van der Waals surface area contributed by atoms with Gasteiger partial charge in [-0.15, -0.1) is 0 Å². The predicted octanol–water partition coefficient (Wildman–Crippen LogP) is 3.09. The average molecular weight is 239 g/mol. The van der Waals surface area contributed by atoms with E-state index in [0.29, 0.717) is 22.2 Å². The van der Waals surface area contributed by atoms with Crippen molar-refractivity contribution in [1.82, 2.24) is 5.32 Å². The molecule has 1 unspecified atom stereocenters. The highest BCUT2D eigenvalue weighted by molar-refractivity contribution is 6.33. The Labute approximate surface area is 98.1 Å². The standard InChI is InChI=1S/C11H8Cl2N2/c12-8-1-2-11(13)9(3-8)10-6-15-5-7(10)4-14/h1-3,5,10,15H,6H2. The Morgan fingerprint density at radius 3 is 2.93 bits per heavy atom. The summed E-state index contributed by atoms with van der Waals surface area (Å²) in [4.78, 5) is 0. The number of rotatable bonds is 1. The van der Waals surface area contributed by atoms with E-state index in [0.717, 1.165) is 5.56 Å². The largest absolute Gasteiger partial charge is 0.389 e. The summed E-state index contributed by atoms with van der Waals surface area (Å²) in [7, 11) is 0. The highest BCUT2D eigenvalue weighted by atomic mass is 35.5. The monoisotopic (exact) mass is 238 g/mol. The zero-order valence-electron chi connectivity index (χ0n) is 7.80. The molecule has 0 aromatic heterocycles. The van der Waals surface area contributed by atoms with E-state index in [1.807, 2.05) is 6.07 Å². The lowest BCUT2D eigenvalue weighted by Gasteiger charge is -2.12. The second kappa shape index (κ2) is 4.14. The Balaban J connectivity index is 2.42. The molecule has 0 amide bonds. The van der Waals surface area contributed by atoms with Gasteiger partial charge in [0.05, 0.1) is 11.6 Å². The summed E-state index contributed by atoms with van der Waals surface area (Å²) >= 11 is 12.0. The maximum absolute atomic E-state index is 8.92. The quantitative estimate of drug-likeness (QED) is 0.817. The summed E-state index contributed by atoms with van der Waals surface area (Å²) in [6, 6.07) is 7.47. The van der Waals surface area contributed by atoms with Crippen molar-refractivity contribution >= 4 is 23.2 Å². The second-order valence-electron chi connectivity index (χ2n) is 3.34. The first-order valence-electron chi connectivity index (χ1n) is 4.51. The molecule has 0 saturated carbocycles. The minimum atomic E-state index is 0.0150. The van der Waals surface area contributed by atoms with Crippen LogP contribution in [-0.2, 0) is 0 Å². The number of benzene rings is 1. The molecule has 1 atom stereocenters. The molecule has 2 rings (SSSR count). The van der Waals surface area contributed by atoms with Crippen LogP contribution in [0.15, 0.2) is 30.0 Å². The molecule has 4 heteroatoms. The first-order chi connectivity index (χ1) is 7.22. The molecule has 1 aromatic rings. The molecular formula is C11H8Cl2N2. The topological polar surface area (TPSA) is 35.8 Å². The Kier molecular flexibility index (Phi) is 2.86. The lowest BCUT2D eigenvalue weighted by Crippen LogP contribution is -2.09. The van der Waals surface area contributed by atoms with Gasteiger partial charge >= 0.3 is 0 Å². The maximum atomic E-state index is 8.92. The number of hydrogen-bond acceptors (Lipinski definition) is 2. The van der Waals surface area contributed by atoms with E-state index in [2.05, 4.69) is 11.4 Å². The van der Waals surface area contributed by atoms with Crippen LogP contribution in [0.1, 0.15) is 11.5 Å². The molecule has 0 radical (unpaired) electrons. The first-order valence-corrected chi connectivity index (χ1v) is 5.26. The van der Waals surface area contributed by atoms with E-state index in [-0.39, 0.29) is 5.92 Å². The van der Waals surface area contributed by atoms with Crippen molar-refractivity contribution in [2.45, 2.75) is 5.92 Å². The Hall–Kier alpha value is -1.17. The van der Waals surface area contributed by atoms with E-state index in [1.165, 1.54) is 0 Å². The molecular weight excluding hydrogens is 231 g/mol. The van der Waals surface area contributed by atoms with Gasteiger partial charge in [-0.3, -0.25) is 0 Å². The van der Waals surface area contributed by atoms with Gasteiger partial charge in [-0.2, -0.15) is 5.26 Å². The van der Waals surface area contributed by atoms with E-state index in [9.17, 15) is 0 Å². The van der Waals surface area contributed by atoms with Gasteiger partial charge in [0.15, 0.2) is 0 Å². The lowest BCUT2D eigenvalue weighted by atomic mass is 9.94. The first kappa shape index (κ1) is 10.4. The molecule has 1 aromatic carbocycles. The predicted molar refractivity (Wildman–Crippen MR) is 60.9 cm³/mol. The molecule has 1 aliphatic rings. The Bertz CT molecular complexity index is 460. The smallest absolute Gasteiger partial charge is 0.0969 e. The van der Waals surface area contributed by atoms with Crippen LogP contribution in [0.2, 0.25) is 10.0 Å². The molecule has 0 aliphatic carbocycles. The van der Waals surface area contributed by atoms with E-state index in [4.69, 9.17) is 28.5 Å². The number of halogens is 2. The summed E-state index contributed by atoms with van der Waals surface area (Å²) in [5.74, 6) is 0.0150. The van der Waals surface area contributed by atoms with Crippen molar-refractivity contribution in [3.63, 3.8) is 0 Å². The number of nitriles is 1. The van der Waals surface area contributed by atoms with Crippen LogP contribution in [0.3, 0.4) is 0 Å². The zero-order valence-corrected chi connectivity index (χ0v) is 9.31. The van der Waals surface area contributed by atoms with Crippen molar-refractivity contribution in [3.8, 4) is 6.07 Å². The summed E-state index contributed by atoms with van der Waals surface area (Å²) in [5.41, 5.74) is 1.60. The lowest BCUT2D eigenvalue weighted by molar-refractivity contribution is 0.801. The Morgan fingerprint density at radius 2 is 2.20 bits per heavy atom. The van der Waals surface area contributed by atoms with Gasteiger partial charge in [-0.1, -0.05) is 23.2 Å². The molecule has 0 bridgehead atoms. The fraction of sp³-hybridized carbons (Fsp3) is 0.182. The van der Waals surface area contributed by atoms with E-state index >= 15 is 0 Å². The van der Waals surface area contributed by atoms with Crippen LogP contribution >= 0.6 is 23.2 Å². The van der Waals surface area contributed by atoms with Crippen LogP contribution in [0, 0.1) is 11.3 Å². The highest BCUT2D eigenvalue weighted by Gasteiger charge is 2.23. The molecule has 1 aliphatic heterocycles. The Morgan fingerprint density at radius 1 is 1.40 bits per heavy atom. The van der Waals surface area contributed by atoms with Crippen LogP contribution in [0.4, 0.5) is 0 Å².